The van der Waals surface area contributed by atoms with Gasteiger partial charge in [-0.25, -0.2) is 0 Å². The summed E-state index contributed by atoms with van der Waals surface area (Å²) in [5, 5.41) is 8.71. The van der Waals surface area contributed by atoms with E-state index >= 15 is 0 Å². The molecule has 0 aromatic heterocycles. The largest absolute Gasteiger partial charge is 0.492 e. The molecule has 1 aliphatic carbocycles. The average molecular weight is 256 g/mol. The van der Waals surface area contributed by atoms with Crippen molar-refractivity contribution in [2.24, 2.45) is 0 Å². The molecule has 19 heavy (non-hydrogen) atoms. The molecule has 2 aliphatic rings. The van der Waals surface area contributed by atoms with Gasteiger partial charge in [-0.05, 0) is 18.9 Å². The lowest BCUT2D eigenvalue weighted by Gasteiger charge is -2.24. The fourth-order valence-corrected chi connectivity index (χ4v) is 2.60. The summed E-state index contributed by atoms with van der Waals surface area (Å²) in [4.78, 5) is 14.5. The molecule has 4 heteroatoms. The summed E-state index contributed by atoms with van der Waals surface area (Å²) in [6, 6.07) is 10.2. The molecule has 0 bridgehead atoms. The maximum absolute atomic E-state index is 12.6. The summed E-state index contributed by atoms with van der Waals surface area (Å²) in [6.45, 7) is 0.965. The van der Waals surface area contributed by atoms with Crippen molar-refractivity contribution in [2.45, 2.75) is 31.2 Å². The third-order valence-electron chi connectivity index (χ3n) is 3.73. The quantitative estimate of drug-likeness (QED) is 0.828. The SMILES string of the molecule is N#CCCN(C(=O)C1COc2ccccc21)C1CC1. The van der Waals surface area contributed by atoms with Crippen LogP contribution in [0.4, 0.5) is 0 Å². The summed E-state index contributed by atoms with van der Waals surface area (Å²) in [5.41, 5.74) is 0.982. The Bertz CT molecular complexity index is 531. The van der Waals surface area contributed by atoms with Crippen molar-refractivity contribution < 1.29 is 9.53 Å². The number of fused-ring (bicyclic) bond motifs is 1. The minimum atomic E-state index is -0.199. The molecule has 98 valence electrons. The molecule has 1 amide bonds. The number of rotatable bonds is 4. The van der Waals surface area contributed by atoms with Gasteiger partial charge in [-0.2, -0.15) is 5.26 Å². The predicted molar refractivity (Wildman–Crippen MR) is 69.6 cm³/mol. The number of para-hydroxylation sites is 1. The molecule has 1 heterocycles. The van der Waals surface area contributed by atoms with Crippen molar-refractivity contribution in [2.75, 3.05) is 13.2 Å². The average Bonchev–Trinajstić information content (AvgIpc) is 3.18. The lowest BCUT2D eigenvalue weighted by atomic mass is 9.99. The summed E-state index contributed by atoms with van der Waals surface area (Å²) < 4.78 is 5.57. The van der Waals surface area contributed by atoms with Crippen LogP contribution in [0.3, 0.4) is 0 Å². The summed E-state index contributed by atoms with van der Waals surface area (Å²) in [6.07, 6.45) is 2.52. The van der Waals surface area contributed by atoms with Gasteiger partial charge in [-0.3, -0.25) is 4.79 Å². The number of ether oxygens (including phenoxy) is 1. The van der Waals surface area contributed by atoms with Gasteiger partial charge < -0.3 is 9.64 Å². The van der Waals surface area contributed by atoms with E-state index in [4.69, 9.17) is 10.00 Å². The van der Waals surface area contributed by atoms with Crippen LogP contribution in [0.5, 0.6) is 5.75 Å². The van der Waals surface area contributed by atoms with E-state index in [1.165, 1.54) is 0 Å². The molecule has 4 nitrogen and oxygen atoms in total. The first-order valence-corrected chi connectivity index (χ1v) is 6.70. The number of carbonyl (C=O) groups is 1. The van der Waals surface area contributed by atoms with Gasteiger partial charge in [0.1, 0.15) is 18.3 Å². The van der Waals surface area contributed by atoms with Gasteiger partial charge in [0.05, 0.1) is 12.5 Å². The number of hydrogen-bond acceptors (Lipinski definition) is 3. The highest BCUT2D eigenvalue weighted by atomic mass is 16.5. The summed E-state index contributed by atoms with van der Waals surface area (Å²) >= 11 is 0. The second-order valence-electron chi connectivity index (χ2n) is 5.07. The molecule has 0 saturated heterocycles. The molecular formula is C15H16N2O2. The van der Waals surface area contributed by atoms with Crippen molar-refractivity contribution in [3.63, 3.8) is 0 Å². The minimum Gasteiger partial charge on any atom is -0.492 e. The third-order valence-corrected chi connectivity index (χ3v) is 3.73. The maximum Gasteiger partial charge on any atom is 0.234 e. The molecule has 1 aromatic rings. The smallest absolute Gasteiger partial charge is 0.234 e. The molecule has 0 spiro atoms. The topological polar surface area (TPSA) is 53.3 Å². The van der Waals surface area contributed by atoms with Crippen molar-refractivity contribution >= 4 is 5.91 Å². The van der Waals surface area contributed by atoms with Gasteiger partial charge in [-0.1, -0.05) is 18.2 Å². The molecule has 1 fully saturated rings. The van der Waals surface area contributed by atoms with E-state index in [-0.39, 0.29) is 11.8 Å². The number of hydrogen-bond donors (Lipinski definition) is 0. The van der Waals surface area contributed by atoms with E-state index in [1.54, 1.807) is 0 Å². The molecule has 1 aliphatic heterocycles. The molecular weight excluding hydrogens is 240 g/mol. The highest BCUT2D eigenvalue weighted by Gasteiger charge is 2.39. The van der Waals surface area contributed by atoms with Crippen molar-refractivity contribution in [3.8, 4) is 11.8 Å². The molecule has 1 atom stereocenters. The molecule has 0 radical (unpaired) electrons. The zero-order chi connectivity index (χ0) is 13.2. The van der Waals surface area contributed by atoms with Crippen LogP contribution in [0, 0.1) is 11.3 Å². The van der Waals surface area contributed by atoms with E-state index in [1.807, 2.05) is 29.2 Å². The van der Waals surface area contributed by atoms with Crippen molar-refractivity contribution in [3.05, 3.63) is 29.8 Å². The van der Waals surface area contributed by atoms with Gasteiger partial charge in [-0.15, -0.1) is 0 Å². The monoisotopic (exact) mass is 256 g/mol. The zero-order valence-corrected chi connectivity index (χ0v) is 10.7. The van der Waals surface area contributed by atoms with Crippen LogP contribution in [-0.2, 0) is 4.79 Å². The second kappa shape index (κ2) is 4.93. The van der Waals surface area contributed by atoms with Crippen LogP contribution >= 0.6 is 0 Å². The normalized spacial score (nSPS) is 20.3. The van der Waals surface area contributed by atoms with E-state index < -0.39 is 0 Å². The predicted octanol–water partition coefficient (Wildman–Crippen LogP) is 2.07. The van der Waals surface area contributed by atoms with E-state index in [0.717, 1.165) is 24.2 Å². The van der Waals surface area contributed by atoms with Crippen molar-refractivity contribution in [1.29, 1.82) is 5.26 Å². The number of carbonyl (C=O) groups excluding carboxylic acids is 1. The Morgan fingerprint density at radius 1 is 1.42 bits per heavy atom. The fourth-order valence-electron chi connectivity index (χ4n) is 2.60. The highest BCUT2D eigenvalue weighted by Crippen LogP contribution is 2.37. The van der Waals surface area contributed by atoms with Gasteiger partial charge in [0.2, 0.25) is 5.91 Å². The van der Waals surface area contributed by atoms with Crippen LogP contribution < -0.4 is 4.74 Å². The highest BCUT2D eigenvalue weighted by molar-refractivity contribution is 5.86. The Morgan fingerprint density at radius 3 is 2.95 bits per heavy atom. The van der Waals surface area contributed by atoms with E-state index in [0.29, 0.717) is 25.6 Å². The molecule has 0 N–H and O–H groups in total. The first-order chi connectivity index (χ1) is 9.31. The number of benzene rings is 1. The van der Waals surface area contributed by atoms with E-state index in [9.17, 15) is 4.79 Å². The Labute approximate surface area is 112 Å². The molecule has 1 saturated carbocycles. The Hall–Kier alpha value is -2.02. The zero-order valence-electron chi connectivity index (χ0n) is 10.7. The Balaban J connectivity index is 1.78. The lowest BCUT2D eigenvalue weighted by molar-refractivity contribution is -0.133. The molecule has 3 rings (SSSR count). The first-order valence-electron chi connectivity index (χ1n) is 6.70. The van der Waals surface area contributed by atoms with Crippen molar-refractivity contribution in [1.82, 2.24) is 4.90 Å². The second-order valence-corrected chi connectivity index (χ2v) is 5.07. The maximum atomic E-state index is 12.6. The molecule has 1 unspecified atom stereocenters. The van der Waals surface area contributed by atoms with Crippen LogP contribution in [0.15, 0.2) is 24.3 Å². The summed E-state index contributed by atoms with van der Waals surface area (Å²) in [7, 11) is 0. The number of amides is 1. The van der Waals surface area contributed by atoms with Crippen LogP contribution in [0.2, 0.25) is 0 Å². The van der Waals surface area contributed by atoms with Gasteiger partial charge in [0.25, 0.3) is 0 Å². The van der Waals surface area contributed by atoms with Gasteiger partial charge >= 0.3 is 0 Å². The van der Waals surface area contributed by atoms with E-state index in [2.05, 4.69) is 6.07 Å². The van der Waals surface area contributed by atoms with Gasteiger partial charge in [0.15, 0.2) is 0 Å². The van der Waals surface area contributed by atoms with Gasteiger partial charge in [0, 0.05) is 18.2 Å². The van der Waals surface area contributed by atoms with Crippen LogP contribution in [-0.4, -0.2) is 30.0 Å². The Kier molecular flexibility index (Phi) is 3.12. The number of nitriles is 1. The minimum absolute atomic E-state index is 0.114. The Morgan fingerprint density at radius 2 is 2.21 bits per heavy atom. The molecule has 1 aromatic carbocycles. The number of nitrogens with zero attached hydrogens (tertiary/aromatic N) is 2. The summed E-state index contributed by atoms with van der Waals surface area (Å²) in [5.74, 6) is 0.732. The lowest BCUT2D eigenvalue weighted by Crippen LogP contribution is -2.38. The third kappa shape index (κ3) is 2.28. The van der Waals surface area contributed by atoms with Crippen LogP contribution in [0.1, 0.15) is 30.7 Å². The first kappa shape index (κ1) is 12.0. The fraction of sp³-hybridized carbons (Fsp3) is 0.467. The van der Waals surface area contributed by atoms with Crippen LogP contribution in [0.25, 0.3) is 0 Å². The standard InChI is InChI=1S/C15H16N2O2/c16-8-3-9-17(11-6-7-11)15(18)13-10-19-14-5-2-1-4-12(13)14/h1-2,4-5,11,13H,3,6-7,9-10H2.